The largest absolute Gasteiger partial charge is 0.376 e. The van der Waals surface area contributed by atoms with Gasteiger partial charge < -0.3 is 4.74 Å². The summed E-state index contributed by atoms with van der Waals surface area (Å²) in [6, 6.07) is 9.54. The number of rotatable bonds is 5. The van der Waals surface area contributed by atoms with Crippen LogP contribution in [0.1, 0.15) is 25.3 Å². The zero-order chi connectivity index (χ0) is 17.2. The molecule has 0 spiro atoms. The van der Waals surface area contributed by atoms with Gasteiger partial charge in [0.2, 0.25) is 0 Å². The average Bonchev–Trinajstić information content (AvgIpc) is 2.91. The molecule has 1 saturated heterocycles. The molecule has 1 aliphatic carbocycles. The number of ketones is 1. The van der Waals surface area contributed by atoms with Crippen LogP contribution in [-0.2, 0) is 24.6 Å². The monoisotopic (exact) mass is 329 g/mol. The number of hydrogen-bond acceptors (Lipinski definition) is 4. The molecule has 1 aromatic carbocycles. The Kier molecular flexibility index (Phi) is 4.83. The van der Waals surface area contributed by atoms with Crippen LogP contribution in [0.2, 0.25) is 0 Å². The SMILES string of the molecule is CCC(=O)C1CC2OCC1C=C[C@]2(C(=O)NOC)c1ccccc1. The summed E-state index contributed by atoms with van der Waals surface area (Å²) in [6.45, 7) is 2.35. The van der Waals surface area contributed by atoms with E-state index in [2.05, 4.69) is 5.48 Å². The second-order valence-corrected chi connectivity index (χ2v) is 6.38. The van der Waals surface area contributed by atoms with Gasteiger partial charge in [-0.05, 0) is 12.0 Å². The Morgan fingerprint density at radius 1 is 1.33 bits per heavy atom. The summed E-state index contributed by atoms with van der Waals surface area (Å²) in [7, 11) is 1.42. The van der Waals surface area contributed by atoms with Gasteiger partial charge in [-0.15, -0.1) is 0 Å². The average molecular weight is 329 g/mol. The third-order valence-corrected chi connectivity index (χ3v) is 5.17. The Morgan fingerprint density at radius 3 is 2.75 bits per heavy atom. The van der Waals surface area contributed by atoms with E-state index < -0.39 is 11.5 Å². The maximum atomic E-state index is 13.0. The molecule has 5 heteroatoms. The molecule has 1 N–H and O–H groups in total. The van der Waals surface area contributed by atoms with Crippen molar-refractivity contribution in [1.29, 1.82) is 0 Å². The number of Topliss-reactive ketones (excluding diaryl/α,β-unsaturated/α-hetero) is 1. The number of hydroxylamine groups is 1. The molecule has 0 saturated carbocycles. The summed E-state index contributed by atoms with van der Waals surface area (Å²) in [5, 5.41) is 0. The maximum Gasteiger partial charge on any atom is 0.260 e. The maximum absolute atomic E-state index is 13.0. The van der Waals surface area contributed by atoms with Gasteiger partial charge in [-0.25, -0.2) is 5.48 Å². The smallest absolute Gasteiger partial charge is 0.260 e. The first kappa shape index (κ1) is 16.9. The molecule has 2 aliphatic heterocycles. The van der Waals surface area contributed by atoms with E-state index in [4.69, 9.17) is 9.57 Å². The minimum absolute atomic E-state index is 0.0228. The van der Waals surface area contributed by atoms with Gasteiger partial charge in [0.25, 0.3) is 5.91 Å². The summed E-state index contributed by atoms with van der Waals surface area (Å²) in [6.07, 6.45) is 4.53. The highest BCUT2D eigenvalue weighted by atomic mass is 16.6. The molecular weight excluding hydrogens is 306 g/mol. The predicted molar refractivity (Wildman–Crippen MR) is 89.0 cm³/mol. The topological polar surface area (TPSA) is 64.6 Å². The molecule has 4 atom stereocenters. The standard InChI is InChI=1S/C19H23NO4/c1-3-16(21)15-11-17-19(18(22)20-23-2,10-9-13(15)12-24-17)14-7-5-4-6-8-14/h4-10,13,15,17H,3,11-12H2,1-2H3,(H,20,22)/t13?,15?,17?,19-/m0/s1. The minimum Gasteiger partial charge on any atom is -0.376 e. The Labute approximate surface area is 142 Å². The highest BCUT2D eigenvalue weighted by Gasteiger charge is 2.52. The number of hydrogen-bond donors (Lipinski definition) is 1. The molecule has 5 nitrogen and oxygen atoms in total. The van der Waals surface area contributed by atoms with Crippen LogP contribution < -0.4 is 5.48 Å². The Hall–Kier alpha value is -1.98. The molecule has 2 bridgehead atoms. The molecular formula is C19H23NO4. The van der Waals surface area contributed by atoms with E-state index in [1.165, 1.54) is 7.11 Å². The molecule has 4 rings (SSSR count). The van der Waals surface area contributed by atoms with Crippen molar-refractivity contribution in [3.05, 3.63) is 48.0 Å². The van der Waals surface area contributed by atoms with Crippen LogP contribution in [0.15, 0.2) is 42.5 Å². The zero-order valence-electron chi connectivity index (χ0n) is 14.0. The number of ether oxygens (including phenoxy) is 1. The van der Waals surface area contributed by atoms with Crippen LogP contribution in [0.5, 0.6) is 0 Å². The first-order chi connectivity index (χ1) is 11.6. The fourth-order valence-corrected chi connectivity index (χ4v) is 3.87. The predicted octanol–water partition coefficient (Wildman–Crippen LogP) is 2.17. The van der Waals surface area contributed by atoms with E-state index >= 15 is 0 Å². The van der Waals surface area contributed by atoms with Crippen molar-refractivity contribution in [1.82, 2.24) is 5.48 Å². The molecule has 1 fully saturated rings. The van der Waals surface area contributed by atoms with Crippen molar-refractivity contribution >= 4 is 11.7 Å². The number of carbonyl (C=O) groups excluding carboxylic acids is 2. The lowest BCUT2D eigenvalue weighted by atomic mass is 9.72. The first-order valence-electron chi connectivity index (χ1n) is 8.36. The number of nitrogens with one attached hydrogen (secondary N) is 1. The Morgan fingerprint density at radius 2 is 2.08 bits per heavy atom. The molecule has 1 amide bonds. The first-order valence-corrected chi connectivity index (χ1v) is 8.36. The van der Waals surface area contributed by atoms with E-state index in [0.29, 0.717) is 19.4 Å². The van der Waals surface area contributed by atoms with Crippen molar-refractivity contribution in [2.75, 3.05) is 13.7 Å². The zero-order valence-corrected chi connectivity index (χ0v) is 14.0. The third-order valence-electron chi connectivity index (χ3n) is 5.17. The van der Waals surface area contributed by atoms with E-state index in [1.807, 2.05) is 49.4 Å². The molecule has 1 aromatic rings. The van der Waals surface area contributed by atoms with Crippen LogP contribution in [0, 0.1) is 11.8 Å². The summed E-state index contributed by atoms with van der Waals surface area (Å²) >= 11 is 0. The van der Waals surface area contributed by atoms with Crippen LogP contribution in [0.4, 0.5) is 0 Å². The van der Waals surface area contributed by atoms with Crippen molar-refractivity contribution in [2.24, 2.45) is 11.8 Å². The quantitative estimate of drug-likeness (QED) is 0.664. The van der Waals surface area contributed by atoms with E-state index in [0.717, 1.165) is 5.56 Å². The molecule has 0 radical (unpaired) electrons. The molecule has 128 valence electrons. The summed E-state index contributed by atoms with van der Waals surface area (Å²) in [5.41, 5.74) is 2.32. The van der Waals surface area contributed by atoms with Gasteiger partial charge in [0.15, 0.2) is 0 Å². The Bertz CT molecular complexity index is 642. The van der Waals surface area contributed by atoms with Crippen molar-refractivity contribution in [3.63, 3.8) is 0 Å². The Balaban J connectivity index is 2.07. The lowest BCUT2D eigenvalue weighted by molar-refractivity contribution is -0.147. The van der Waals surface area contributed by atoms with Crippen molar-refractivity contribution in [2.45, 2.75) is 31.3 Å². The van der Waals surface area contributed by atoms with E-state index in [9.17, 15) is 9.59 Å². The minimum atomic E-state index is -0.991. The molecule has 24 heavy (non-hydrogen) atoms. The lowest BCUT2D eigenvalue weighted by Crippen LogP contribution is -2.53. The van der Waals surface area contributed by atoms with Gasteiger partial charge in [0.05, 0.1) is 19.8 Å². The molecule has 3 aliphatic rings. The van der Waals surface area contributed by atoms with Gasteiger partial charge in [-0.2, -0.15) is 0 Å². The third kappa shape index (κ3) is 2.68. The summed E-state index contributed by atoms with van der Waals surface area (Å²) in [5.74, 6) is -0.114. The fraction of sp³-hybridized carbons (Fsp3) is 0.474. The number of fused-ring (bicyclic) bond motifs is 3. The molecule has 3 unspecified atom stereocenters. The van der Waals surface area contributed by atoms with Crippen molar-refractivity contribution in [3.8, 4) is 0 Å². The second-order valence-electron chi connectivity index (χ2n) is 6.38. The number of carbonyl (C=O) groups is 2. The van der Waals surface area contributed by atoms with Gasteiger partial charge >= 0.3 is 0 Å². The lowest BCUT2D eigenvalue weighted by Gasteiger charge is -2.40. The van der Waals surface area contributed by atoms with Gasteiger partial charge in [-0.1, -0.05) is 49.4 Å². The van der Waals surface area contributed by atoms with Gasteiger partial charge in [0.1, 0.15) is 11.2 Å². The van der Waals surface area contributed by atoms with Gasteiger partial charge in [0, 0.05) is 18.3 Å². The summed E-state index contributed by atoms with van der Waals surface area (Å²) < 4.78 is 6.03. The van der Waals surface area contributed by atoms with Crippen LogP contribution >= 0.6 is 0 Å². The van der Waals surface area contributed by atoms with E-state index in [1.54, 1.807) is 0 Å². The van der Waals surface area contributed by atoms with Crippen LogP contribution in [-0.4, -0.2) is 31.5 Å². The summed E-state index contributed by atoms with van der Waals surface area (Å²) in [4.78, 5) is 30.2. The molecule has 0 aromatic heterocycles. The second kappa shape index (κ2) is 6.87. The number of benzene rings is 1. The van der Waals surface area contributed by atoms with E-state index in [-0.39, 0.29) is 23.5 Å². The van der Waals surface area contributed by atoms with Crippen LogP contribution in [0.25, 0.3) is 0 Å². The molecule has 2 heterocycles. The highest BCUT2D eigenvalue weighted by molar-refractivity contribution is 5.91. The normalized spacial score (nSPS) is 31.5. The number of amides is 1. The van der Waals surface area contributed by atoms with Gasteiger partial charge in [-0.3, -0.25) is 14.4 Å². The van der Waals surface area contributed by atoms with Crippen LogP contribution in [0.3, 0.4) is 0 Å². The fourth-order valence-electron chi connectivity index (χ4n) is 3.87. The van der Waals surface area contributed by atoms with Crippen molar-refractivity contribution < 1.29 is 19.2 Å². The highest BCUT2D eigenvalue weighted by Crippen LogP contribution is 2.44.